The van der Waals surface area contributed by atoms with Crippen molar-refractivity contribution < 1.29 is 4.74 Å². The third kappa shape index (κ3) is 7.95. The molecule has 29 heavy (non-hydrogen) atoms. The number of rotatable bonds is 12. The molecule has 2 aromatic carbocycles. The molecule has 2 heteroatoms. The van der Waals surface area contributed by atoms with Gasteiger partial charge in [-0.1, -0.05) is 86.8 Å². The number of benzene rings is 2. The first-order chi connectivity index (χ1) is 14.3. The van der Waals surface area contributed by atoms with E-state index in [0.29, 0.717) is 11.8 Å². The summed E-state index contributed by atoms with van der Waals surface area (Å²) in [5.74, 6) is 1.33. The van der Waals surface area contributed by atoms with E-state index in [9.17, 15) is 0 Å². The number of ether oxygens (including phenoxy) is 1. The van der Waals surface area contributed by atoms with Gasteiger partial charge in [0.05, 0.1) is 13.2 Å². The molecule has 1 aliphatic rings. The molecule has 1 heterocycles. The van der Waals surface area contributed by atoms with E-state index in [2.05, 4.69) is 72.5 Å². The fourth-order valence-electron chi connectivity index (χ4n) is 4.51. The number of hydrogen-bond acceptors (Lipinski definition) is 2. The van der Waals surface area contributed by atoms with Gasteiger partial charge in [-0.3, -0.25) is 4.90 Å². The quantitative estimate of drug-likeness (QED) is 0.375. The SMILES string of the molecule is CC(CCC(CCCCCCN1CCOCC1)c1ccccc1)c1ccccc1. The van der Waals surface area contributed by atoms with Crippen LogP contribution in [-0.2, 0) is 4.74 Å². The van der Waals surface area contributed by atoms with Crippen molar-refractivity contribution in [1.82, 2.24) is 4.90 Å². The average molecular weight is 394 g/mol. The molecular weight excluding hydrogens is 354 g/mol. The molecule has 0 N–H and O–H groups in total. The van der Waals surface area contributed by atoms with Crippen LogP contribution in [-0.4, -0.2) is 37.7 Å². The topological polar surface area (TPSA) is 12.5 Å². The Morgan fingerprint density at radius 3 is 2.03 bits per heavy atom. The summed E-state index contributed by atoms with van der Waals surface area (Å²) < 4.78 is 5.44. The molecule has 1 aliphatic heterocycles. The van der Waals surface area contributed by atoms with Crippen molar-refractivity contribution in [3.8, 4) is 0 Å². The molecule has 3 rings (SSSR count). The van der Waals surface area contributed by atoms with Crippen molar-refractivity contribution >= 4 is 0 Å². The minimum atomic E-state index is 0.635. The molecule has 0 aromatic heterocycles. The zero-order valence-electron chi connectivity index (χ0n) is 18.3. The predicted molar refractivity (Wildman–Crippen MR) is 124 cm³/mol. The van der Waals surface area contributed by atoms with E-state index in [1.807, 2.05) is 0 Å². The molecular formula is C27H39NO. The number of hydrogen-bond donors (Lipinski definition) is 0. The average Bonchev–Trinajstić information content (AvgIpc) is 2.79. The van der Waals surface area contributed by atoms with Gasteiger partial charge >= 0.3 is 0 Å². The molecule has 1 fully saturated rings. The van der Waals surface area contributed by atoms with Gasteiger partial charge in [0.15, 0.2) is 0 Å². The molecule has 2 nitrogen and oxygen atoms in total. The number of nitrogens with zero attached hydrogens (tertiary/aromatic N) is 1. The van der Waals surface area contributed by atoms with Gasteiger partial charge in [-0.05, 0) is 55.2 Å². The largest absolute Gasteiger partial charge is 0.379 e. The predicted octanol–water partition coefficient (Wildman–Crippen LogP) is 6.64. The Morgan fingerprint density at radius 2 is 1.34 bits per heavy atom. The molecule has 0 aliphatic carbocycles. The van der Waals surface area contributed by atoms with E-state index in [1.165, 1.54) is 62.6 Å². The summed E-state index contributed by atoms with van der Waals surface area (Å²) in [5, 5.41) is 0. The maximum atomic E-state index is 5.44. The van der Waals surface area contributed by atoms with Gasteiger partial charge < -0.3 is 4.74 Å². The van der Waals surface area contributed by atoms with E-state index >= 15 is 0 Å². The standard InChI is InChI=1S/C27H39NO/c1-24(25-12-7-4-8-13-25)17-18-27(26-14-9-5-10-15-26)16-6-2-3-11-19-28-20-22-29-23-21-28/h4-5,7-10,12-15,24,27H,2-3,6,11,16-23H2,1H3. The van der Waals surface area contributed by atoms with Crippen molar-refractivity contribution in [1.29, 1.82) is 0 Å². The van der Waals surface area contributed by atoms with Gasteiger partial charge in [0.25, 0.3) is 0 Å². The van der Waals surface area contributed by atoms with E-state index < -0.39 is 0 Å². The van der Waals surface area contributed by atoms with Crippen LogP contribution >= 0.6 is 0 Å². The molecule has 2 aromatic rings. The fraction of sp³-hybridized carbons (Fsp3) is 0.556. The first-order valence-electron chi connectivity index (χ1n) is 11.7. The van der Waals surface area contributed by atoms with Crippen molar-refractivity contribution in [3.63, 3.8) is 0 Å². The third-order valence-corrected chi connectivity index (χ3v) is 6.47. The first-order valence-corrected chi connectivity index (χ1v) is 11.7. The summed E-state index contributed by atoms with van der Waals surface area (Å²) in [6.45, 7) is 7.70. The smallest absolute Gasteiger partial charge is 0.0594 e. The van der Waals surface area contributed by atoms with Gasteiger partial charge in [0, 0.05) is 13.1 Å². The Balaban J connectivity index is 1.40. The van der Waals surface area contributed by atoms with E-state index in [4.69, 9.17) is 4.74 Å². The first kappa shape index (κ1) is 22.1. The van der Waals surface area contributed by atoms with E-state index in [1.54, 1.807) is 0 Å². The van der Waals surface area contributed by atoms with Crippen molar-refractivity contribution in [3.05, 3.63) is 71.8 Å². The third-order valence-electron chi connectivity index (χ3n) is 6.47. The van der Waals surface area contributed by atoms with Crippen LogP contribution in [0.2, 0.25) is 0 Å². The molecule has 0 spiro atoms. The highest BCUT2D eigenvalue weighted by Crippen LogP contribution is 2.31. The summed E-state index contributed by atoms with van der Waals surface area (Å²) in [4.78, 5) is 2.56. The summed E-state index contributed by atoms with van der Waals surface area (Å²) in [5.41, 5.74) is 3.00. The monoisotopic (exact) mass is 393 g/mol. The lowest BCUT2D eigenvalue weighted by Gasteiger charge is -2.26. The molecule has 0 saturated carbocycles. The second kappa shape index (κ2) is 12.8. The molecule has 1 saturated heterocycles. The lowest BCUT2D eigenvalue weighted by Crippen LogP contribution is -2.36. The Morgan fingerprint density at radius 1 is 0.724 bits per heavy atom. The van der Waals surface area contributed by atoms with Crippen LogP contribution in [0.15, 0.2) is 60.7 Å². The van der Waals surface area contributed by atoms with Crippen molar-refractivity contribution in [2.24, 2.45) is 0 Å². The lowest BCUT2D eigenvalue weighted by molar-refractivity contribution is 0.0371. The molecule has 0 amide bonds. The van der Waals surface area contributed by atoms with Crippen LogP contribution in [0.3, 0.4) is 0 Å². The van der Waals surface area contributed by atoms with Crippen LogP contribution in [0.1, 0.15) is 74.8 Å². The summed E-state index contributed by atoms with van der Waals surface area (Å²) in [6, 6.07) is 22.2. The van der Waals surface area contributed by atoms with Crippen LogP contribution < -0.4 is 0 Å². The van der Waals surface area contributed by atoms with Gasteiger partial charge in [0.1, 0.15) is 0 Å². The molecule has 2 unspecified atom stereocenters. The highest BCUT2D eigenvalue weighted by atomic mass is 16.5. The molecule has 2 atom stereocenters. The Bertz CT molecular complexity index is 651. The second-order valence-electron chi connectivity index (χ2n) is 8.65. The Labute approximate surface area is 178 Å². The van der Waals surface area contributed by atoms with E-state index in [0.717, 1.165) is 26.3 Å². The minimum Gasteiger partial charge on any atom is -0.379 e. The summed E-state index contributed by atoms with van der Waals surface area (Å²) in [7, 11) is 0. The minimum absolute atomic E-state index is 0.635. The van der Waals surface area contributed by atoms with Crippen molar-refractivity contribution in [2.75, 3.05) is 32.8 Å². The van der Waals surface area contributed by atoms with Crippen LogP contribution in [0.5, 0.6) is 0 Å². The summed E-state index contributed by atoms with van der Waals surface area (Å²) >= 11 is 0. The van der Waals surface area contributed by atoms with Gasteiger partial charge in [-0.2, -0.15) is 0 Å². The Kier molecular flexibility index (Phi) is 9.75. The zero-order valence-corrected chi connectivity index (χ0v) is 18.3. The summed E-state index contributed by atoms with van der Waals surface area (Å²) in [6.07, 6.45) is 9.28. The van der Waals surface area contributed by atoms with Crippen LogP contribution in [0.25, 0.3) is 0 Å². The molecule has 158 valence electrons. The fourth-order valence-corrected chi connectivity index (χ4v) is 4.51. The maximum absolute atomic E-state index is 5.44. The lowest BCUT2D eigenvalue weighted by atomic mass is 9.85. The Hall–Kier alpha value is -1.64. The van der Waals surface area contributed by atoms with Gasteiger partial charge in [-0.15, -0.1) is 0 Å². The van der Waals surface area contributed by atoms with Crippen molar-refractivity contribution in [2.45, 2.75) is 63.7 Å². The highest BCUT2D eigenvalue weighted by Gasteiger charge is 2.14. The second-order valence-corrected chi connectivity index (χ2v) is 8.65. The zero-order chi connectivity index (χ0) is 20.2. The number of morpholine rings is 1. The molecule has 0 bridgehead atoms. The number of unbranched alkanes of at least 4 members (excludes halogenated alkanes) is 3. The van der Waals surface area contributed by atoms with Crippen LogP contribution in [0, 0.1) is 0 Å². The van der Waals surface area contributed by atoms with Gasteiger partial charge in [0.2, 0.25) is 0 Å². The maximum Gasteiger partial charge on any atom is 0.0594 e. The molecule has 0 radical (unpaired) electrons. The van der Waals surface area contributed by atoms with E-state index in [-0.39, 0.29) is 0 Å². The highest BCUT2D eigenvalue weighted by molar-refractivity contribution is 5.21. The van der Waals surface area contributed by atoms with Crippen LogP contribution in [0.4, 0.5) is 0 Å². The van der Waals surface area contributed by atoms with Gasteiger partial charge in [-0.25, -0.2) is 0 Å². The normalized spacial score (nSPS) is 17.1.